The molecule has 1 heterocycles. The highest BCUT2D eigenvalue weighted by atomic mass is 19.4. The van der Waals surface area contributed by atoms with Crippen molar-refractivity contribution in [1.82, 2.24) is 0 Å². The van der Waals surface area contributed by atoms with Gasteiger partial charge in [-0.15, -0.1) is 0 Å². The van der Waals surface area contributed by atoms with Crippen LogP contribution in [0.15, 0.2) is 0 Å². The number of hydrogen-bond donors (Lipinski definition) is 0. The SMILES string of the molecule is CC(F)(F)C1(F)OC(F)(F)C(F)(F)C(F)(F)CC1(F)F. The van der Waals surface area contributed by atoms with E-state index in [-0.39, 0.29) is 0 Å². The number of hydrogen-bond acceptors (Lipinski definition) is 1. The normalized spacial score (nSPS) is 35.4. The molecule has 0 saturated carbocycles. The van der Waals surface area contributed by atoms with Crippen LogP contribution in [0.4, 0.5) is 48.3 Å². The van der Waals surface area contributed by atoms with Gasteiger partial charge in [0.1, 0.15) is 0 Å². The van der Waals surface area contributed by atoms with Gasteiger partial charge in [-0.25, -0.2) is 8.78 Å². The van der Waals surface area contributed by atoms with Crippen molar-refractivity contribution < 1.29 is 53.0 Å². The zero-order chi connectivity index (χ0) is 16.4. The van der Waals surface area contributed by atoms with Crippen LogP contribution in [0.5, 0.6) is 0 Å². The summed E-state index contributed by atoms with van der Waals surface area (Å²) in [6.07, 6.45) is -10.2. The number of ether oxygens (including phenoxy) is 1. The molecule has 0 spiro atoms. The van der Waals surface area contributed by atoms with Crippen LogP contribution in [0.1, 0.15) is 13.3 Å². The molecule has 12 heteroatoms. The Hall–Kier alpha value is -0.810. The molecule has 1 unspecified atom stereocenters. The lowest BCUT2D eigenvalue weighted by Crippen LogP contribution is -2.60. The molecule has 0 amide bonds. The summed E-state index contributed by atoms with van der Waals surface area (Å²) in [4.78, 5) is 0. The second-order valence-corrected chi connectivity index (χ2v) is 4.26. The van der Waals surface area contributed by atoms with Crippen LogP contribution in [0.25, 0.3) is 0 Å². The Bertz CT molecular complexity index is 398. The summed E-state index contributed by atoms with van der Waals surface area (Å²) in [7, 11) is 0. The molecule has 0 N–H and O–H groups in total. The monoisotopic (exact) mass is 326 g/mol. The van der Waals surface area contributed by atoms with Gasteiger partial charge in [-0.2, -0.15) is 39.5 Å². The number of halogens is 11. The molecule has 1 aliphatic rings. The lowest BCUT2D eigenvalue weighted by molar-refractivity contribution is -0.460. The summed E-state index contributed by atoms with van der Waals surface area (Å²) >= 11 is 0. The van der Waals surface area contributed by atoms with Crippen LogP contribution in [0, 0.1) is 0 Å². The first kappa shape index (κ1) is 17.2. The van der Waals surface area contributed by atoms with Crippen molar-refractivity contribution in [3.63, 3.8) is 0 Å². The third kappa shape index (κ3) is 2.02. The molecule has 0 aromatic heterocycles. The summed E-state index contributed by atoms with van der Waals surface area (Å²) in [5, 5.41) is 0. The average Bonchev–Trinajstić information content (AvgIpc) is 2.13. The van der Waals surface area contributed by atoms with Crippen LogP contribution in [0.3, 0.4) is 0 Å². The second-order valence-electron chi connectivity index (χ2n) is 4.26. The first-order chi connectivity index (χ1) is 8.41. The van der Waals surface area contributed by atoms with Crippen LogP contribution < -0.4 is 0 Å². The van der Waals surface area contributed by atoms with E-state index < -0.39 is 49.0 Å². The van der Waals surface area contributed by atoms with E-state index in [9.17, 15) is 48.3 Å². The van der Waals surface area contributed by atoms with Gasteiger partial charge >= 0.3 is 35.7 Å². The highest BCUT2D eigenvalue weighted by Crippen LogP contribution is 2.60. The van der Waals surface area contributed by atoms with Crippen LogP contribution in [-0.4, -0.2) is 35.7 Å². The molecule has 1 saturated heterocycles. The topological polar surface area (TPSA) is 9.23 Å². The van der Waals surface area contributed by atoms with Crippen LogP contribution >= 0.6 is 0 Å². The fourth-order valence-electron chi connectivity index (χ4n) is 1.44. The van der Waals surface area contributed by atoms with Crippen molar-refractivity contribution >= 4 is 0 Å². The highest BCUT2D eigenvalue weighted by Gasteiger charge is 2.85. The summed E-state index contributed by atoms with van der Waals surface area (Å²) in [5.41, 5.74) is 0. The molecule has 1 aliphatic heterocycles. The molecule has 1 fully saturated rings. The van der Waals surface area contributed by atoms with Crippen molar-refractivity contribution in [2.75, 3.05) is 0 Å². The van der Waals surface area contributed by atoms with Gasteiger partial charge in [0.05, 0.1) is 6.42 Å². The van der Waals surface area contributed by atoms with Gasteiger partial charge in [-0.05, 0) is 0 Å². The molecule has 1 atom stereocenters. The van der Waals surface area contributed by atoms with Crippen LogP contribution in [-0.2, 0) is 4.74 Å². The Kier molecular flexibility index (Phi) is 3.35. The molecule has 0 aliphatic carbocycles. The van der Waals surface area contributed by atoms with Crippen molar-refractivity contribution in [2.45, 2.75) is 49.0 Å². The van der Waals surface area contributed by atoms with E-state index in [1.165, 1.54) is 0 Å². The second kappa shape index (κ2) is 3.89. The predicted octanol–water partition coefficient (Wildman–Crippen LogP) is 4.23. The van der Waals surface area contributed by atoms with Gasteiger partial charge in [-0.3, -0.25) is 4.74 Å². The molecule has 1 nitrogen and oxygen atoms in total. The molecule has 1 rings (SSSR count). The minimum Gasteiger partial charge on any atom is -0.267 e. The summed E-state index contributed by atoms with van der Waals surface area (Å²) in [6, 6.07) is 0. The third-order valence-electron chi connectivity index (χ3n) is 2.57. The number of rotatable bonds is 1. The third-order valence-corrected chi connectivity index (χ3v) is 2.57. The van der Waals surface area contributed by atoms with E-state index >= 15 is 0 Å². The van der Waals surface area contributed by atoms with Crippen molar-refractivity contribution in [3.05, 3.63) is 0 Å². The molecule has 0 aromatic rings. The Morgan fingerprint density at radius 2 is 1.20 bits per heavy atom. The molecular formula is C8H5F11O. The highest BCUT2D eigenvalue weighted by molar-refractivity contribution is 5.07. The average molecular weight is 326 g/mol. The zero-order valence-electron chi connectivity index (χ0n) is 9.27. The quantitative estimate of drug-likeness (QED) is 0.656. The molecule has 120 valence electrons. The first-order valence-corrected chi connectivity index (χ1v) is 4.69. The maximum absolute atomic E-state index is 13.4. The van der Waals surface area contributed by atoms with E-state index in [1.807, 2.05) is 0 Å². The standard InChI is InChI=1S/C8H5F11O/c1-3(9,10)7(17)5(13,14)2-4(11,12)6(15,16)8(18,19)20-7/h2H2,1H3. The van der Waals surface area contributed by atoms with Crippen molar-refractivity contribution in [1.29, 1.82) is 0 Å². The summed E-state index contributed by atoms with van der Waals surface area (Å²) < 4.78 is 144. The Labute approximate surface area is 103 Å². The number of alkyl halides is 11. The van der Waals surface area contributed by atoms with E-state index in [0.29, 0.717) is 0 Å². The Morgan fingerprint density at radius 1 is 0.800 bits per heavy atom. The van der Waals surface area contributed by atoms with E-state index in [1.54, 1.807) is 0 Å². The van der Waals surface area contributed by atoms with E-state index in [4.69, 9.17) is 0 Å². The molecule has 20 heavy (non-hydrogen) atoms. The van der Waals surface area contributed by atoms with Gasteiger partial charge in [0.25, 0.3) is 0 Å². The maximum atomic E-state index is 13.4. The minimum atomic E-state index is -6.61. The van der Waals surface area contributed by atoms with Crippen LogP contribution in [0.2, 0.25) is 0 Å². The lowest BCUT2D eigenvalue weighted by Gasteiger charge is -2.36. The smallest absolute Gasteiger partial charge is 0.267 e. The maximum Gasteiger partial charge on any atom is 0.428 e. The van der Waals surface area contributed by atoms with Gasteiger partial charge in [0, 0.05) is 6.92 Å². The van der Waals surface area contributed by atoms with Crippen molar-refractivity contribution in [2.24, 2.45) is 0 Å². The Balaban J connectivity index is 3.57. The van der Waals surface area contributed by atoms with Gasteiger partial charge in [0.15, 0.2) is 0 Å². The van der Waals surface area contributed by atoms with Gasteiger partial charge in [-0.1, -0.05) is 0 Å². The van der Waals surface area contributed by atoms with Gasteiger partial charge < -0.3 is 0 Å². The fourth-order valence-corrected chi connectivity index (χ4v) is 1.44. The Morgan fingerprint density at radius 3 is 1.55 bits per heavy atom. The van der Waals surface area contributed by atoms with E-state index in [2.05, 4.69) is 4.74 Å². The largest absolute Gasteiger partial charge is 0.428 e. The molecule has 0 radical (unpaired) electrons. The lowest BCUT2D eigenvalue weighted by atomic mass is 9.97. The molecule has 0 aromatic carbocycles. The van der Waals surface area contributed by atoms with Gasteiger partial charge in [0.2, 0.25) is 0 Å². The molecule has 0 bridgehead atoms. The first-order valence-electron chi connectivity index (χ1n) is 4.69. The van der Waals surface area contributed by atoms with E-state index in [0.717, 1.165) is 0 Å². The fraction of sp³-hybridized carbons (Fsp3) is 1.00. The van der Waals surface area contributed by atoms with Crippen molar-refractivity contribution in [3.8, 4) is 0 Å². The molecular weight excluding hydrogens is 321 g/mol. The predicted molar refractivity (Wildman–Crippen MR) is 40.0 cm³/mol. The summed E-state index contributed by atoms with van der Waals surface area (Å²) in [6.45, 7) is -0.696. The zero-order valence-corrected chi connectivity index (χ0v) is 9.27. The minimum absolute atomic E-state index is 0.696. The summed E-state index contributed by atoms with van der Waals surface area (Å²) in [5.74, 6) is -30.3.